The molecular formula is C22H21N3O2. The minimum atomic E-state index is -0.124. The lowest BCUT2D eigenvalue weighted by atomic mass is 10.1. The van der Waals surface area contributed by atoms with E-state index in [2.05, 4.69) is 5.32 Å². The highest BCUT2D eigenvalue weighted by Crippen LogP contribution is 2.20. The number of hydrogen-bond donors (Lipinski definition) is 1. The number of rotatable bonds is 5. The van der Waals surface area contributed by atoms with Gasteiger partial charge in [0.15, 0.2) is 0 Å². The lowest BCUT2D eigenvalue weighted by Gasteiger charge is -2.37. The third-order valence-electron chi connectivity index (χ3n) is 4.89. The number of nitrogens with zero attached hydrogens (tertiary/aromatic N) is 2. The summed E-state index contributed by atoms with van der Waals surface area (Å²) >= 11 is 0. The third kappa shape index (κ3) is 3.62. The topological polar surface area (TPSA) is 54.3 Å². The highest BCUT2D eigenvalue weighted by molar-refractivity contribution is 5.95. The minimum Gasteiger partial charge on any atom is -0.350 e. The molecule has 27 heavy (non-hydrogen) atoms. The van der Waals surface area contributed by atoms with E-state index < -0.39 is 0 Å². The Balaban J connectivity index is 1.53. The Labute approximate surface area is 158 Å². The molecule has 5 nitrogen and oxygen atoms in total. The van der Waals surface area contributed by atoms with Gasteiger partial charge in [-0.1, -0.05) is 48.5 Å². The summed E-state index contributed by atoms with van der Waals surface area (Å²) in [6, 6.07) is 22.7. The molecule has 1 aromatic heterocycles. The molecule has 1 atom stereocenters. The number of carbonyl (C=O) groups is 2. The molecule has 0 radical (unpaired) electrons. The first-order valence-corrected chi connectivity index (χ1v) is 9.05. The van der Waals surface area contributed by atoms with Gasteiger partial charge in [0.25, 0.3) is 11.8 Å². The number of carbonyl (C=O) groups excluding carboxylic acids is 2. The summed E-state index contributed by atoms with van der Waals surface area (Å²) in [5.74, 6) is -0.130. The molecule has 0 saturated carbocycles. The van der Waals surface area contributed by atoms with Gasteiger partial charge in [0, 0.05) is 31.4 Å². The molecule has 0 saturated heterocycles. The number of amides is 2. The fourth-order valence-electron chi connectivity index (χ4n) is 3.46. The van der Waals surface area contributed by atoms with E-state index in [1.165, 1.54) is 0 Å². The largest absolute Gasteiger partial charge is 0.350 e. The van der Waals surface area contributed by atoms with Crippen LogP contribution in [0.4, 0.5) is 0 Å². The molecule has 3 aromatic rings. The zero-order valence-corrected chi connectivity index (χ0v) is 14.9. The number of hydrogen-bond acceptors (Lipinski definition) is 2. The van der Waals surface area contributed by atoms with Crippen molar-refractivity contribution in [2.45, 2.75) is 19.1 Å². The molecule has 2 amide bonds. The number of aromatic nitrogens is 1. The summed E-state index contributed by atoms with van der Waals surface area (Å²) < 4.78 is 1.96. The van der Waals surface area contributed by atoms with Crippen LogP contribution in [0.5, 0.6) is 0 Å². The minimum absolute atomic E-state index is 0.00550. The van der Waals surface area contributed by atoms with E-state index >= 15 is 0 Å². The lowest BCUT2D eigenvalue weighted by Crippen LogP contribution is -2.52. The summed E-state index contributed by atoms with van der Waals surface area (Å²) in [5, 5.41) is 2.98. The monoisotopic (exact) mass is 359 g/mol. The van der Waals surface area contributed by atoms with Gasteiger partial charge in [-0.05, 0) is 29.8 Å². The molecule has 2 heterocycles. The number of nitrogens with one attached hydrogen (secondary N) is 1. The predicted octanol–water partition coefficient (Wildman–Crippen LogP) is 2.94. The van der Waals surface area contributed by atoms with Crippen LogP contribution in [-0.4, -0.2) is 33.9 Å². The van der Waals surface area contributed by atoms with E-state index in [0.717, 1.165) is 5.56 Å². The van der Waals surface area contributed by atoms with Crippen LogP contribution in [0.3, 0.4) is 0 Å². The summed E-state index contributed by atoms with van der Waals surface area (Å²) in [5.41, 5.74) is 2.39. The fourth-order valence-corrected chi connectivity index (χ4v) is 3.46. The van der Waals surface area contributed by atoms with Gasteiger partial charge in [-0.3, -0.25) is 9.59 Å². The van der Waals surface area contributed by atoms with E-state index in [0.29, 0.717) is 30.9 Å². The van der Waals surface area contributed by atoms with E-state index in [-0.39, 0.29) is 17.9 Å². The molecule has 1 aliphatic rings. The van der Waals surface area contributed by atoms with Crippen molar-refractivity contribution >= 4 is 11.8 Å². The van der Waals surface area contributed by atoms with Crippen LogP contribution in [0, 0.1) is 0 Å². The quantitative estimate of drug-likeness (QED) is 0.761. The van der Waals surface area contributed by atoms with Gasteiger partial charge in [-0.2, -0.15) is 0 Å². The average molecular weight is 359 g/mol. The van der Waals surface area contributed by atoms with Crippen molar-refractivity contribution in [1.29, 1.82) is 0 Å². The van der Waals surface area contributed by atoms with Gasteiger partial charge in [0.2, 0.25) is 0 Å². The molecule has 0 aliphatic carbocycles. The van der Waals surface area contributed by atoms with Crippen molar-refractivity contribution in [3.8, 4) is 0 Å². The zero-order valence-electron chi connectivity index (χ0n) is 14.9. The maximum atomic E-state index is 13.0. The Morgan fingerprint density at radius 2 is 1.67 bits per heavy atom. The highest BCUT2D eigenvalue weighted by atomic mass is 16.2. The lowest BCUT2D eigenvalue weighted by molar-refractivity contribution is 0.0563. The summed E-state index contributed by atoms with van der Waals surface area (Å²) in [7, 11) is 0. The van der Waals surface area contributed by atoms with E-state index in [1.54, 1.807) is 12.1 Å². The number of benzene rings is 2. The normalized spacial score (nSPS) is 16.1. The smallest absolute Gasteiger partial charge is 0.271 e. The Morgan fingerprint density at radius 1 is 0.963 bits per heavy atom. The molecule has 0 bridgehead atoms. The van der Waals surface area contributed by atoms with E-state index in [1.807, 2.05) is 76.3 Å². The van der Waals surface area contributed by atoms with Gasteiger partial charge in [-0.25, -0.2) is 0 Å². The van der Waals surface area contributed by atoms with Crippen molar-refractivity contribution in [3.63, 3.8) is 0 Å². The molecular weight excluding hydrogens is 338 g/mol. The molecule has 0 fully saturated rings. The molecule has 5 heteroatoms. The van der Waals surface area contributed by atoms with Crippen molar-refractivity contribution in [2.24, 2.45) is 0 Å². The second-order valence-corrected chi connectivity index (χ2v) is 6.69. The van der Waals surface area contributed by atoms with E-state index in [9.17, 15) is 9.59 Å². The van der Waals surface area contributed by atoms with E-state index in [4.69, 9.17) is 0 Å². The Bertz CT molecular complexity index is 934. The van der Waals surface area contributed by atoms with Crippen molar-refractivity contribution < 1.29 is 9.59 Å². The van der Waals surface area contributed by atoms with Crippen LogP contribution in [-0.2, 0) is 13.1 Å². The highest BCUT2D eigenvalue weighted by Gasteiger charge is 2.32. The van der Waals surface area contributed by atoms with Crippen LogP contribution in [0.2, 0.25) is 0 Å². The second-order valence-electron chi connectivity index (χ2n) is 6.69. The van der Waals surface area contributed by atoms with Crippen LogP contribution < -0.4 is 5.32 Å². The van der Waals surface area contributed by atoms with Crippen molar-refractivity contribution in [1.82, 2.24) is 14.8 Å². The van der Waals surface area contributed by atoms with Gasteiger partial charge in [-0.15, -0.1) is 0 Å². The first-order valence-electron chi connectivity index (χ1n) is 9.05. The molecule has 2 aromatic carbocycles. The fraction of sp³-hybridized carbons (Fsp3) is 0.182. The Morgan fingerprint density at radius 3 is 2.41 bits per heavy atom. The molecule has 136 valence electrons. The van der Waals surface area contributed by atoms with Crippen LogP contribution >= 0.6 is 0 Å². The SMILES string of the molecule is O=C(NCC1Cn2cccc2C(=O)N1Cc1ccccc1)c1ccccc1. The Kier molecular flexibility index (Phi) is 4.75. The van der Waals surface area contributed by atoms with Crippen LogP contribution in [0.15, 0.2) is 79.0 Å². The summed E-state index contributed by atoms with van der Waals surface area (Å²) in [6.45, 7) is 1.59. The van der Waals surface area contributed by atoms with Gasteiger partial charge in [0.1, 0.15) is 5.69 Å². The van der Waals surface area contributed by atoms with Crippen molar-refractivity contribution in [3.05, 3.63) is 95.8 Å². The first-order chi connectivity index (χ1) is 13.2. The van der Waals surface area contributed by atoms with Crippen LogP contribution in [0.25, 0.3) is 0 Å². The first kappa shape index (κ1) is 17.1. The zero-order chi connectivity index (χ0) is 18.6. The summed E-state index contributed by atoms with van der Waals surface area (Å²) in [6.07, 6.45) is 1.92. The molecule has 1 unspecified atom stereocenters. The number of fused-ring (bicyclic) bond motifs is 1. The maximum absolute atomic E-state index is 13.0. The molecule has 4 rings (SSSR count). The molecule has 1 N–H and O–H groups in total. The summed E-state index contributed by atoms with van der Waals surface area (Å²) in [4.78, 5) is 27.3. The molecule has 0 spiro atoms. The Hall–Kier alpha value is -3.34. The maximum Gasteiger partial charge on any atom is 0.271 e. The van der Waals surface area contributed by atoms with Gasteiger partial charge < -0.3 is 14.8 Å². The standard InChI is InChI=1S/C22H21N3O2/c26-21(18-10-5-2-6-11-18)23-14-19-16-24-13-7-12-20(24)22(27)25(19)15-17-8-3-1-4-9-17/h1-13,19H,14-16H2,(H,23,26). The second kappa shape index (κ2) is 7.50. The third-order valence-corrected chi connectivity index (χ3v) is 4.89. The van der Waals surface area contributed by atoms with Crippen LogP contribution in [0.1, 0.15) is 26.4 Å². The van der Waals surface area contributed by atoms with Crippen molar-refractivity contribution in [2.75, 3.05) is 6.54 Å². The van der Waals surface area contributed by atoms with Gasteiger partial charge >= 0.3 is 0 Å². The van der Waals surface area contributed by atoms with Gasteiger partial charge in [0.05, 0.1) is 6.04 Å². The predicted molar refractivity (Wildman–Crippen MR) is 103 cm³/mol. The average Bonchev–Trinajstić information content (AvgIpc) is 3.19. The molecule has 1 aliphatic heterocycles.